The number of likely N-dealkylation sites (tertiary alicyclic amines) is 1. The highest BCUT2D eigenvalue weighted by Crippen LogP contribution is 2.29. The number of methoxy groups -OCH3 is 1. The predicted octanol–water partition coefficient (Wildman–Crippen LogP) is 3.04. The molecule has 0 spiro atoms. The zero-order valence-electron chi connectivity index (χ0n) is 14.6. The van der Waals surface area contributed by atoms with Crippen LogP contribution in [0.1, 0.15) is 22.8 Å². The summed E-state index contributed by atoms with van der Waals surface area (Å²) in [5.74, 6) is 1.44. The maximum atomic E-state index is 12.9. The standard InChI is InChI=1S/C20H20N4O2/c1-26-18-10-6-5-9-17(18)20(25)23-12-11-16(13-23)24-14-21-22-19(24)15-7-3-2-4-8-15/h2-10,14,16H,11-13H2,1H3/t16-/m0/s1. The van der Waals surface area contributed by atoms with Crippen LogP contribution >= 0.6 is 0 Å². The van der Waals surface area contributed by atoms with Gasteiger partial charge in [0, 0.05) is 18.7 Å². The van der Waals surface area contributed by atoms with E-state index in [-0.39, 0.29) is 11.9 Å². The molecule has 1 aromatic heterocycles. The van der Waals surface area contributed by atoms with Crippen LogP contribution in [0.4, 0.5) is 0 Å². The second kappa shape index (κ2) is 7.00. The molecule has 1 aliphatic heterocycles. The molecule has 4 rings (SSSR count). The van der Waals surface area contributed by atoms with Crippen LogP contribution in [-0.2, 0) is 0 Å². The van der Waals surface area contributed by atoms with E-state index in [2.05, 4.69) is 14.8 Å². The van der Waals surface area contributed by atoms with E-state index in [0.29, 0.717) is 24.4 Å². The third kappa shape index (κ3) is 2.94. The third-order valence-corrected chi connectivity index (χ3v) is 4.79. The van der Waals surface area contributed by atoms with Crippen LogP contribution in [0.2, 0.25) is 0 Å². The number of ether oxygens (including phenoxy) is 1. The van der Waals surface area contributed by atoms with Crippen LogP contribution in [0.25, 0.3) is 11.4 Å². The number of hydrogen-bond donors (Lipinski definition) is 0. The molecule has 1 aliphatic rings. The van der Waals surface area contributed by atoms with Crippen LogP contribution in [0.3, 0.4) is 0 Å². The summed E-state index contributed by atoms with van der Waals surface area (Å²) in [4.78, 5) is 14.8. The molecule has 0 saturated carbocycles. The molecule has 1 saturated heterocycles. The number of benzene rings is 2. The first-order valence-corrected chi connectivity index (χ1v) is 8.65. The minimum absolute atomic E-state index is 0.000661. The quantitative estimate of drug-likeness (QED) is 0.727. The Kier molecular flexibility index (Phi) is 4.39. The molecule has 132 valence electrons. The van der Waals surface area contributed by atoms with Gasteiger partial charge in [-0.2, -0.15) is 0 Å². The van der Waals surface area contributed by atoms with Crippen molar-refractivity contribution in [1.29, 1.82) is 0 Å². The smallest absolute Gasteiger partial charge is 0.257 e. The van der Waals surface area contributed by atoms with Gasteiger partial charge in [-0.25, -0.2) is 0 Å². The molecule has 6 heteroatoms. The first-order valence-electron chi connectivity index (χ1n) is 8.65. The van der Waals surface area contributed by atoms with Gasteiger partial charge in [0.05, 0.1) is 18.7 Å². The van der Waals surface area contributed by atoms with Crippen molar-refractivity contribution in [2.75, 3.05) is 20.2 Å². The minimum atomic E-state index is -0.000661. The largest absolute Gasteiger partial charge is 0.496 e. The van der Waals surface area contributed by atoms with E-state index in [0.717, 1.165) is 17.8 Å². The van der Waals surface area contributed by atoms with Gasteiger partial charge in [-0.15, -0.1) is 10.2 Å². The number of amides is 1. The second-order valence-electron chi connectivity index (χ2n) is 6.32. The van der Waals surface area contributed by atoms with Crippen molar-refractivity contribution in [1.82, 2.24) is 19.7 Å². The molecule has 0 unspecified atom stereocenters. The van der Waals surface area contributed by atoms with Gasteiger partial charge >= 0.3 is 0 Å². The van der Waals surface area contributed by atoms with Crippen LogP contribution in [0, 0.1) is 0 Å². The molecule has 1 fully saturated rings. The van der Waals surface area contributed by atoms with E-state index in [1.54, 1.807) is 13.4 Å². The lowest BCUT2D eigenvalue weighted by molar-refractivity contribution is 0.0784. The summed E-state index contributed by atoms with van der Waals surface area (Å²) in [5, 5.41) is 8.36. The normalized spacial score (nSPS) is 16.7. The maximum absolute atomic E-state index is 12.9. The van der Waals surface area contributed by atoms with Crippen molar-refractivity contribution >= 4 is 5.91 Å². The Bertz CT molecular complexity index is 907. The summed E-state index contributed by atoms with van der Waals surface area (Å²) in [6.45, 7) is 1.34. The van der Waals surface area contributed by atoms with Crippen molar-refractivity contribution in [3.8, 4) is 17.1 Å². The highest BCUT2D eigenvalue weighted by molar-refractivity contribution is 5.97. The number of para-hydroxylation sites is 1. The first kappa shape index (κ1) is 16.3. The maximum Gasteiger partial charge on any atom is 0.257 e. The lowest BCUT2D eigenvalue weighted by Gasteiger charge is -2.19. The van der Waals surface area contributed by atoms with Gasteiger partial charge in [-0.05, 0) is 18.6 Å². The van der Waals surface area contributed by atoms with E-state index in [9.17, 15) is 4.79 Å². The molecule has 0 radical (unpaired) electrons. The molecular weight excluding hydrogens is 328 g/mol. The molecule has 1 amide bonds. The monoisotopic (exact) mass is 348 g/mol. The highest BCUT2D eigenvalue weighted by atomic mass is 16.5. The van der Waals surface area contributed by atoms with Crippen molar-refractivity contribution in [3.05, 3.63) is 66.5 Å². The average molecular weight is 348 g/mol. The molecular formula is C20H20N4O2. The van der Waals surface area contributed by atoms with Crippen LogP contribution in [-0.4, -0.2) is 45.8 Å². The van der Waals surface area contributed by atoms with Crippen molar-refractivity contribution in [2.24, 2.45) is 0 Å². The zero-order valence-corrected chi connectivity index (χ0v) is 14.6. The topological polar surface area (TPSA) is 60.2 Å². The minimum Gasteiger partial charge on any atom is -0.496 e. The molecule has 2 aromatic carbocycles. The molecule has 0 bridgehead atoms. The Morgan fingerprint density at radius 1 is 1.12 bits per heavy atom. The Balaban J connectivity index is 1.55. The molecule has 0 N–H and O–H groups in total. The van der Waals surface area contributed by atoms with Crippen molar-refractivity contribution < 1.29 is 9.53 Å². The molecule has 2 heterocycles. The fourth-order valence-electron chi connectivity index (χ4n) is 3.45. The van der Waals surface area contributed by atoms with E-state index < -0.39 is 0 Å². The summed E-state index contributed by atoms with van der Waals surface area (Å²) >= 11 is 0. The van der Waals surface area contributed by atoms with Gasteiger partial charge < -0.3 is 14.2 Å². The molecule has 26 heavy (non-hydrogen) atoms. The lowest BCUT2D eigenvalue weighted by Crippen LogP contribution is -2.29. The third-order valence-electron chi connectivity index (χ3n) is 4.79. The Morgan fingerprint density at radius 3 is 2.69 bits per heavy atom. The number of carbonyl (C=O) groups is 1. The SMILES string of the molecule is COc1ccccc1C(=O)N1CC[C@H](n2cnnc2-c2ccccc2)C1. The summed E-state index contributed by atoms with van der Waals surface area (Å²) in [7, 11) is 1.59. The van der Waals surface area contributed by atoms with E-state index in [1.807, 2.05) is 59.5 Å². The number of nitrogens with zero attached hydrogens (tertiary/aromatic N) is 4. The Morgan fingerprint density at radius 2 is 1.88 bits per heavy atom. The Hall–Kier alpha value is -3.15. The fraction of sp³-hybridized carbons (Fsp3) is 0.250. The highest BCUT2D eigenvalue weighted by Gasteiger charge is 2.30. The number of hydrogen-bond acceptors (Lipinski definition) is 4. The van der Waals surface area contributed by atoms with Gasteiger partial charge in [-0.3, -0.25) is 4.79 Å². The summed E-state index contributed by atoms with van der Waals surface area (Å²) < 4.78 is 7.40. The molecule has 1 atom stereocenters. The van der Waals surface area contributed by atoms with E-state index >= 15 is 0 Å². The van der Waals surface area contributed by atoms with Crippen LogP contribution < -0.4 is 4.74 Å². The van der Waals surface area contributed by atoms with Crippen molar-refractivity contribution in [3.63, 3.8) is 0 Å². The van der Waals surface area contributed by atoms with Gasteiger partial charge in [-0.1, -0.05) is 42.5 Å². The summed E-state index contributed by atoms with van der Waals surface area (Å²) in [5.41, 5.74) is 1.63. The van der Waals surface area contributed by atoms with E-state index in [4.69, 9.17) is 4.74 Å². The second-order valence-corrected chi connectivity index (χ2v) is 6.32. The Labute approximate surface area is 152 Å². The first-order chi connectivity index (χ1) is 12.8. The van der Waals surface area contributed by atoms with Gasteiger partial charge in [0.2, 0.25) is 0 Å². The number of aromatic nitrogens is 3. The number of rotatable bonds is 4. The van der Waals surface area contributed by atoms with Crippen molar-refractivity contribution in [2.45, 2.75) is 12.5 Å². The van der Waals surface area contributed by atoms with Gasteiger partial charge in [0.25, 0.3) is 5.91 Å². The zero-order chi connectivity index (χ0) is 17.9. The molecule has 0 aliphatic carbocycles. The van der Waals surface area contributed by atoms with E-state index in [1.165, 1.54) is 0 Å². The lowest BCUT2D eigenvalue weighted by atomic mass is 10.1. The summed E-state index contributed by atoms with van der Waals surface area (Å²) in [6, 6.07) is 17.5. The van der Waals surface area contributed by atoms with Crippen LogP contribution in [0.15, 0.2) is 60.9 Å². The average Bonchev–Trinajstić information content (AvgIpc) is 3.37. The fourth-order valence-corrected chi connectivity index (χ4v) is 3.45. The molecule has 6 nitrogen and oxygen atoms in total. The molecule has 3 aromatic rings. The number of carbonyl (C=O) groups excluding carboxylic acids is 1. The van der Waals surface area contributed by atoms with Crippen LogP contribution in [0.5, 0.6) is 5.75 Å². The van der Waals surface area contributed by atoms with Gasteiger partial charge in [0.15, 0.2) is 5.82 Å². The predicted molar refractivity (Wildman–Crippen MR) is 98.0 cm³/mol. The van der Waals surface area contributed by atoms with Gasteiger partial charge in [0.1, 0.15) is 12.1 Å². The summed E-state index contributed by atoms with van der Waals surface area (Å²) in [6.07, 6.45) is 2.63.